The van der Waals surface area contributed by atoms with Crippen LogP contribution >= 0.6 is 21.6 Å². The summed E-state index contributed by atoms with van der Waals surface area (Å²) in [6, 6.07) is 0. The minimum atomic E-state index is -0.326. The molecule has 1 rings (SSSR count). The third-order valence-electron chi connectivity index (χ3n) is 0.754. The largest absolute Gasteiger partial charge is 0.291 e. The molecule has 1 fully saturated rings. The van der Waals surface area contributed by atoms with Crippen LogP contribution in [-0.2, 0) is 9.59 Å². The molecule has 0 unspecified atom stereocenters. The van der Waals surface area contributed by atoms with Crippen LogP contribution in [0.4, 0.5) is 0 Å². The summed E-state index contributed by atoms with van der Waals surface area (Å²) in [5.74, 6) is -0.576. The fraction of sp³-hybridized carbons (Fsp3) is 0.500. The fourth-order valence-electron chi connectivity index (χ4n) is 0.281. The lowest BCUT2D eigenvalue weighted by Crippen LogP contribution is -2.12. The van der Waals surface area contributed by atoms with Gasteiger partial charge in [-0.15, -0.1) is 0 Å². The lowest BCUT2D eigenvalue weighted by molar-refractivity contribution is -0.134. The SMILES string of the molecule is CC(=O)C(=O)C1SS1. The zero-order valence-corrected chi connectivity index (χ0v) is 5.84. The summed E-state index contributed by atoms with van der Waals surface area (Å²) in [5, 5.41) is 0. The average molecular weight is 148 g/mol. The molecule has 0 atom stereocenters. The molecule has 1 aliphatic heterocycles. The monoisotopic (exact) mass is 148 g/mol. The molecule has 0 aromatic heterocycles. The first-order chi connectivity index (χ1) is 3.72. The number of hydrogen-bond donors (Lipinski definition) is 0. The average Bonchev–Trinajstić information content (AvgIpc) is 2.43. The second kappa shape index (κ2) is 2.11. The van der Waals surface area contributed by atoms with Gasteiger partial charge in [-0.3, -0.25) is 9.59 Å². The first-order valence-corrected chi connectivity index (χ1v) is 4.36. The molecular formula is C4H4O2S2. The van der Waals surface area contributed by atoms with E-state index in [1.54, 1.807) is 0 Å². The number of carbonyl (C=O) groups is 2. The van der Waals surface area contributed by atoms with Crippen molar-refractivity contribution in [1.82, 2.24) is 0 Å². The molecular weight excluding hydrogens is 144 g/mol. The van der Waals surface area contributed by atoms with Crippen LogP contribution in [0.15, 0.2) is 0 Å². The molecule has 0 N–H and O–H groups in total. The Morgan fingerprint density at radius 3 is 2.00 bits per heavy atom. The van der Waals surface area contributed by atoms with Crippen LogP contribution in [-0.4, -0.2) is 16.1 Å². The van der Waals surface area contributed by atoms with Gasteiger partial charge in [0, 0.05) is 6.92 Å². The van der Waals surface area contributed by atoms with E-state index in [2.05, 4.69) is 0 Å². The molecule has 1 saturated heterocycles. The topological polar surface area (TPSA) is 34.1 Å². The van der Waals surface area contributed by atoms with Gasteiger partial charge in [0.1, 0.15) is 4.58 Å². The summed E-state index contributed by atoms with van der Waals surface area (Å²) < 4.78 is -0.0625. The van der Waals surface area contributed by atoms with Gasteiger partial charge < -0.3 is 0 Å². The van der Waals surface area contributed by atoms with E-state index in [0.717, 1.165) is 0 Å². The van der Waals surface area contributed by atoms with Crippen LogP contribution in [0.1, 0.15) is 6.92 Å². The van der Waals surface area contributed by atoms with Crippen molar-refractivity contribution in [1.29, 1.82) is 0 Å². The van der Waals surface area contributed by atoms with E-state index in [1.807, 2.05) is 0 Å². The molecule has 0 spiro atoms. The maximum Gasteiger partial charge on any atom is 0.222 e. The lowest BCUT2D eigenvalue weighted by atomic mass is 10.3. The first kappa shape index (κ1) is 6.16. The lowest BCUT2D eigenvalue weighted by Gasteiger charge is -1.81. The molecule has 1 aliphatic rings. The molecule has 1 heterocycles. The highest BCUT2D eigenvalue weighted by Gasteiger charge is 2.34. The van der Waals surface area contributed by atoms with Gasteiger partial charge in [-0.05, 0) is 0 Å². The van der Waals surface area contributed by atoms with Crippen LogP contribution in [0, 0.1) is 0 Å². The molecule has 0 aliphatic carbocycles. The van der Waals surface area contributed by atoms with Crippen molar-refractivity contribution < 1.29 is 9.59 Å². The van der Waals surface area contributed by atoms with Gasteiger partial charge >= 0.3 is 0 Å². The minimum Gasteiger partial charge on any atom is -0.291 e. The summed E-state index contributed by atoms with van der Waals surface area (Å²) in [6.45, 7) is 1.31. The van der Waals surface area contributed by atoms with Crippen LogP contribution in [0.5, 0.6) is 0 Å². The first-order valence-electron chi connectivity index (χ1n) is 2.08. The van der Waals surface area contributed by atoms with Crippen molar-refractivity contribution in [3.63, 3.8) is 0 Å². The van der Waals surface area contributed by atoms with Gasteiger partial charge in [0.25, 0.3) is 0 Å². The Morgan fingerprint density at radius 1 is 1.38 bits per heavy atom. The van der Waals surface area contributed by atoms with E-state index < -0.39 is 0 Å². The maximum absolute atomic E-state index is 10.5. The van der Waals surface area contributed by atoms with E-state index >= 15 is 0 Å². The smallest absolute Gasteiger partial charge is 0.222 e. The van der Waals surface area contributed by atoms with Gasteiger partial charge in [-0.2, -0.15) is 0 Å². The zero-order valence-electron chi connectivity index (χ0n) is 4.21. The number of ketones is 2. The number of hydrogen-bond acceptors (Lipinski definition) is 4. The van der Waals surface area contributed by atoms with E-state index in [4.69, 9.17) is 0 Å². The third-order valence-corrected chi connectivity index (χ3v) is 2.72. The van der Waals surface area contributed by atoms with Crippen molar-refractivity contribution in [2.75, 3.05) is 0 Å². The molecule has 8 heavy (non-hydrogen) atoms. The summed E-state index contributed by atoms with van der Waals surface area (Å²) in [7, 11) is 2.90. The van der Waals surface area contributed by atoms with Crippen molar-refractivity contribution in [2.45, 2.75) is 11.5 Å². The number of Topliss-reactive ketones (excluding diaryl/α,β-unsaturated/α-hetero) is 2. The van der Waals surface area contributed by atoms with Crippen LogP contribution in [0.2, 0.25) is 0 Å². The van der Waals surface area contributed by atoms with E-state index in [1.165, 1.54) is 28.5 Å². The van der Waals surface area contributed by atoms with Gasteiger partial charge in [0.2, 0.25) is 5.78 Å². The van der Waals surface area contributed by atoms with Gasteiger partial charge in [0.15, 0.2) is 5.78 Å². The molecule has 44 valence electrons. The quantitative estimate of drug-likeness (QED) is 0.330. The molecule has 0 bridgehead atoms. The zero-order chi connectivity index (χ0) is 6.15. The van der Waals surface area contributed by atoms with Crippen molar-refractivity contribution in [2.24, 2.45) is 0 Å². The van der Waals surface area contributed by atoms with E-state index in [0.29, 0.717) is 0 Å². The number of rotatable bonds is 2. The van der Waals surface area contributed by atoms with Gasteiger partial charge in [-0.25, -0.2) is 0 Å². The second-order valence-electron chi connectivity index (χ2n) is 1.44. The summed E-state index contributed by atoms with van der Waals surface area (Å²) in [4.78, 5) is 20.8. The van der Waals surface area contributed by atoms with Crippen LogP contribution in [0.3, 0.4) is 0 Å². The van der Waals surface area contributed by atoms with Crippen molar-refractivity contribution in [3.05, 3.63) is 0 Å². The predicted molar refractivity (Wildman–Crippen MR) is 34.7 cm³/mol. The highest BCUT2D eigenvalue weighted by Crippen LogP contribution is 2.53. The summed E-state index contributed by atoms with van der Waals surface area (Å²) in [5.41, 5.74) is 0. The molecule has 0 radical (unpaired) electrons. The van der Waals surface area contributed by atoms with Crippen LogP contribution in [0.25, 0.3) is 0 Å². The Hall–Kier alpha value is 0.0400. The second-order valence-corrected chi connectivity index (χ2v) is 4.23. The highest BCUT2D eigenvalue weighted by atomic mass is 33.2. The third kappa shape index (κ3) is 1.26. The molecule has 0 saturated carbocycles. The van der Waals surface area contributed by atoms with Crippen molar-refractivity contribution in [3.8, 4) is 0 Å². The van der Waals surface area contributed by atoms with Crippen molar-refractivity contribution >= 4 is 33.2 Å². The molecule has 2 nitrogen and oxygen atoms in total. The Labute approximate surface area is 54.8 Å². The van der Waals surface area contributed by atoms with Gasteiger partial charge in [-0.1, -0.05) is 21.6 Å². The maximum atomic E-state index is 10.5. The summed E-state index contributed by atoms with van der Waals surface area (Å²) in [6.07, 6.45) is 0. The molecule has 4 heteroatoms. The fourth-order valence-corrected chi connectivity index (χ4v) is 1.53. The standard InChI is InChI=1S/C4H4O2S2/c1-2(5)3(6)4-7-8-4/h4H,1H3. The molecule has 0 aromatic carbocycles. The summed E-state index contributed by atoms with van der Waals surface area (Å²) >= 11 is 0. The van der Waals surface area contributed by atoms with Gasteiger partial charge in [0.05, 0.1) is 0 Å². The Bertz CT molecular complexity index is 139. The molecule has 0 aromatic rings. The normalized spacial score (nSPS) is 18.1. The predicted octanol–water partition coefficient (Wildman–Crippen LogP) is 0.866. The number of carbonyl (C=O) groups excluding carboxylic acids is 2. The minimum absolute atomic E-state index is 0.0625. The molecule has 0 amide bonds. The Kier molecular flexibility index (Phi) is 1.62. The Morgan fingerprint density at radius 2 is 1.88 bits per heavy atom. The van der Waals surface area contributed by atoms with E-state index in [-0.39, 0.29) is 16.1 Å². The Balaban J connectivity index is 2.45. The van der Waals surface area contributed by atoms with Crippen LogP contribution < -0.4 is 0 Å². The highest BCUT2D eigenvalue weighted by molar-refractivity contribution is 8.93. The van der Waals surface area contributed by atoms with E-state index in [9.17, 15) is 9.59 Å².